The summed E-state index contributed by atoms with van der Waals surface area (Å²) in [6.07, 6.45) is 1.36. The molecule has 1 fully saturated rings. The number of thiocarbonyl (C=S) groups is 1. The van der Waals surface area contributed by atoms with Crippen LogP contribution in [0.25, 0.3) is 0 Å². The average molecular weight is 401 g/mol. The molecule has 136 valence electrons. The summed E-state index contributed by atoms with van der Waals surface area (Å²) in [5.74, 6) is -0.758. The lowest BCUT2D eigenvalue weighted by Gasteiger charge is -2.18. The molecule has 5 nitrogen and oxygen atoms in total. The van der Waals surface area contributed by atoms with Crippen molar-refractivity contribution >= 4 is 57.5 Å². The number of anilines is 1. The summed E-state index contributed by atoms with van der Waals surface area (Å²) in [7, 11) is 0. The summed E-state index contributed by atoms with van der Waals surface area (Å²) in [6, 6.07) is 5.22. The molecule has 0 saturated carbocycles. The van der Waals surface area contributed by atoms with Crippen molar-refractivity contribution < 1.29 is 14.3 Å². The van der Waals surface area contributed by atoms with E-state index in [-0.39, 0.29) is 5.75 Å². The van der Waals surface area contributed by atoms with Crippen LogP contribution >= 0.6 is 35.6 Å². The van der Waals surface area contributed by atoms with E-state index in [2.05, 4.69) is 10.2 Å². The number of likely N-dealkylation sites (tertiary alicyclic amines) is 1. The quantitative estimate of drug-likeness (QED) is 0.601. The van der Waals surface area contributed by atoms with Crippen molar-refractivity contribution in [3.63, 3.8) is 0 Å². The van der Waals surface area contributed by atoms with Crippen molar-refractivity contribution in [1.82, 2.24) is 4.90 Å². The van der Waals surface area contributed by atoms with Gasteiger partial charge in [0.25, 0.3) is 5.91 Å². The van der Waals surface area contributed by atoms with Crippen LogP contribution in [0, 0.1) is 6.92 Å². The molecule has 0 bridgehead atoms. The molecule has 1 aliphatic heterocycles. The second-order valence-corrected chi connectivity index (χ2v) is 7.87. The lowest BCUT2D eigenvalue weighted by Crippen LogP contribution is -2.31. The molecule has 2 rings (SSSR count). The number of esters is 1. The molecule has 25 heavy (non-hydrogen) atoms. The van der Waals surface area contributed by atoms with E-state index in [1.807, 2.05) is 13.0 Å². The highest BCUT2D eigenvalue weighted by Crippen LogP contribution is 2.21. The molecule has 1 aromatic rings. The van der Waals surface area contributed by atoms with Crippen LogP contribution in [-0.4, -0.2) is 46.0 Å². The van der Waals surface area contributed by atoms with E-state index < -0.39 is 18.0 Å². The Labute approximate surface area is 162 Å². The predicted octanol–water partition coefficient (Wildman–Crippen LogP) is 3.63. The molecule has 1 N–H and O–H groups in total. The molecular formula is C17H21ClN2O3S2. The number of carbonyl (C=O) groups is 2. The van der Waals surface area contributed by atoms with E-state index in [0.717, 1.165) is 31.5 Å². The Morgan fingerprint density at radius 1 is 1.40 bits per heavy atom. The molecule has 1 aromatic carbocycles. The number of ether oxygens (including phenoxy) is 1. The highest BCUT2D eigenvalue weighted by molar-refractivity contribution is 8.23. The van der Waals surface area contributed by atoms with Crippen molar-refractivity contribution in [2.24, 2.45) is 0 Å². The molecule has 0 spiro atoms. The van der Waals surface area contributed by atoms with Crippen molar-refractivity contribution in [1.29, 1.82) is 0 Å². The molecule has 1 saturated heterocycles. The summed E-state index contributed by atoms with van der Waals surface area (Å²) >= 11 is 12.5. The summed E-state index contributed by atoms with van der Waals surface area (Å²) in [4.78, 5) is 26.2. The number of amides is 1. The number of rotatable bonds is 5. The molecule has 0 aromatic heterocycles. The van der Waals surface area contributed by atoms with E-state index >= 15 is 0 Å². The maximum Gasteiger partial charge on any atom is 0.317 e. The van der Waals surface area contributed by atoms with E-state index in [4.69, 9.17) is 28.6 Å². The monoisotopic (exact) mass is 400 g/mol. The normalized spacial score (nSPS) is 14.9. The van der Waals surface area contributed by atoms with Crippen LogP contribution in [0.4, 0.5) is 5.69 Å². The molecule has 1 aliphatic rings. The van der Waals surface area contributed by atoms with Crippen molar-refractivity contribution in [3.8, 4) is 0 Å². The van der Waals surface area contributed by atoms with Crippen molar-refractivity contribution in [2.45, 2.75) is 32.8 Å². The third kappa shape index (κ3) is 6.17. The molecule has 8 heteroatoms. The number of benzene rings is 1. The average Bonchev–Trinajstić information content (AvgIpc) is 3.10. The number of thioether (sulfide) groups is 1. The van der Waals surface area contributed by atoms with Crippen LogP contribution in [0.2, 0.25) is 5.02 Å². The van der Waals surface area contributed by atoms with Gasteiger partial charge in [-0.1, -0.05) is 41.6 Å². The minimum Gasteiger partial charge on any atom is -0.452 e. The predicted molar refractivity (Wildman–Crippen MR) is 106 cm³/mol. The standard InChI is InChI=1S/C17H21ClN2O3S2/c1-11-5-6-13(18)9-14(11)19-16(22)12(2)23-15(21)10-25-17(24)20-7-3-4-8-20/h5-6,9,12H,3-4,7-8,10H2,1-2H3,(H,19,22)/t12-/m1/s1. The fourth-order valence-corrected chi connectivity index (χ4v) is 3.57. The maximum absolute atomic E-state index is 12.2. The first kappa shape index (κ1) is 20.0. The van der Waals surface area contributed by atoms with Gasteiger partial charge >= 0.3 is 5.97 Å². The molecular weight excluding hydrogens is 380 g/mol. The third-order valence-electron chi connectivity index (χ3n) is 3.81. The van der Waals surface area contributed by atoms with Gasteiger partial charge in [-0.15, -0.1) is 0 Å². The van der Waals surface area contributed by atoms with Crippen molar-refractivity contribution in [3.05, 3.63) is 28.8 Å². The van der Waals surface area contributed by atoms with E-state index in [9.17, 15) is 9.59 Å². The lowest BCUT2D eigenvalue weighted by molar-refractivity contribution is -0.150. The Bertz CT molecular complexity index is 663. The van der Waals surface area contributed by atoms with Gasteiger partial charge in [0.2, 0.25) is 0 Å². The first-order valence-electron chi connectivity index (χ1n) is 8.05. The largest absolute Gasteiger partial charge is 0.452 e. The van der Waals surface area contributed by atoms with Gasteiger partial charge in [0.15, 0.2) is 6.10 Å². The van der Waals surface area contributed by atoms with Crippen LogP contribution in [0.3, 0.4) is 0 Å². The number of nitrogens with one attached hydrogen (secondary N) is 1. The Hall–Kier alpha value is -1.31. The summed E-state index contributed by atoms with van der Waals surface area (Å²) in [6.45, 7) is 5.28. The molecule has 0 radical (unpaired) electrons. The van der Waals surface area contributed by atoms with Crippen LogP contribution in [0.5, 0.6) is 0 Å². The van der Waals surface area contributed by atoms with Crippen LogP contribution in [0.15, 0.2) is 18.2 Å². The van der Waals surface area contributed by atoms with Gasteiger partial charge < -0.3 is 15.0 Å². The van der Waals surface area contributed by atoms with Gasteiger partial charge in [0.05, 0.1) is 5.75 Å². The zero-order chi connectivity index (χ0) is 18.4. The first-order valence-corrected chi connectivity index (χ1v) is 9.82. The number of carbonyl (C=O) groups excluding carboxylic acids is 2. The topological polar surface area (TPSA) is 58.6 Å². The van der Waals surface area contributed by atoms with Crippen LogP contribution in [-0.2, 0) is 14.3 Å². The molecule has 1 atom stereocenters. The SMILES string of the molecule is Cc1ccc(Cl)cc1NC(=O)[C@@H](C)OC(=O)CSC(=S)N1CCCC1. The zero-order valence-electron chi connectivity index (χ0n) is 14.2. The first-order chi connectivity index (χ1) is 11.9. The second kappa shape index (κ2) is 9.40. The second-order valence-electron chi connectivity index (χ2n) is 5.83. The molecule has 0 aliphatic carbocycles. The number of nitrogens with zero attached hydrogens (tertiary/aromatic N) is 1. The Morgan fingerprint density at radius 2 is 2.08 bits per heavy atom. The van der Waals surface area contributed by atoms with Gasteiger partial charge in [-0.3, -0.25) is 9.59 Å². The molecule has 1 amide bonds. The van der Waals surface area contributed by atoms with Gasteiger partial charge in [-0.05, 0) is 44.4 Å². The maximum atomic E-state index is 12.2. The number of hydrogen-bond acceptors (Lipinski definition) is 5. The van der Waals surface area contributed by atoms with E-state index in [0.29, 0.717) is 15.0 Å². The Morgan fingerprint density at radius 3 is 2.76 bits per heavy atom. The van der Waals surface area contributed by atoms with Crippen LogP contribution in [0.1, 0.15) is 25.3 Å². The summed E-state index contributed by atoms with van der Waals surface area (Å²) in [5.41, 5.74) is 1.48. The minimum absolute atomic E-state index is 0.100. The Balaban J connectivity index is 1.78. The third-order valence-corrected chi connectivity index (χ3v) is 5.54. The Kier molecular flexibility index (Phi) is 7.53. The lowest BCUT2D eigenvalue weighted by atomic mass is 10.2. The number of hydrogen-bond donors (Lipinski definition) is 1. The minimum atomic E-state index is -0.896. The van der Waals surface area contributed by atoms with Crippen molar-refractivity contribution in [2.75, 3.05) is 24.2 Å². The number of aryl methyl sites for hydroxylation is 1. The van der Waals surface area contributed by atoms with Gasteiger partial charge in [0.1, 0.15) is 4.32 Å². The van der Waals surface area contributed by atoms with Gasteiger partial charge in [-0.2, -0.15) is 0 Å². The van der Waals surface area contributed by atoms with Gasteiger partial charge in [-0.25, -0.2) is 0 Å². The summed E-state index contributed by atoms with van der Waals surface area (Å²) < 4.78 is 5.89. The fraction of sp³-hybridized carbons (Fsp3) is 0.471. The highest BCUT2D eigenvalue weighted by atomic mass is 35.5. The van der Waals surface area contributed by atoms with Crippen LogP contribution < -0.4 is 5.32 Å². The zero-order valence-corrected chi connectivity index (χ0v) is 16.6. The smallest absolute Gasteiger partial charge is 0.317 e. The molecule has 1 heterocycles. The van der Waals surface area contributed by atoms with Gasteiger partial charge in [0, 0.05) is 23.8 Å². The van der Waals surface area contributed by atoms with E-state index in [1.54, 1.807) is 12.1 Å². The summed E-state index contributed by atoms with van der Waals surface area (Å²) in [5, 5.41) is 3.25. The highest BCUT2D eigenvalue weighted by Gasteiger charge is 2.21. The van der Waals surface area contributed by atoms with E-state index in [1.165, 1.54) is 18.7 Å². The molecule has 0 unspecified atom stereocenters. The number of halogens is 1. The fourth-order valence-electron chi connectivity index (χ4n) is 2.36.